The maximum absolute atomic E-state index is 12.4. The van der Waals surface area contributed by atoms with E-state index in [1.807, 2.05) is 0 Å². The second-order valence-electron chi connectivity index (χ2n) is 6.04. The summed E-state index contributed by atoms with van der Waals surface area (Å²) in [7, 11) is 2.34. The third-order valence-corrected chi connectivity index (χ3v) is 4.53. The van der Waals surface area contributed by atoms with E-state index in [1.165, 1.54) is 25.7 Å². The van der Waals surface area contributed by atoms with Gasteiger partial charge < -0.3 is 4.90 Å². The molecule has 1 saturated carbocycles. The van der Waals surface area contributed by atoms with Crippen LogP contribution < -0.4 is 0 Å². The predicted molar refractivity (Wildman–Crippen MR) is 69.2 cm³/mol. The minimum Gasteiger partial charge on any atom is -0.340 e. The van der Waals surface area contributed by atoms with Gasteiger partial charge in [-0.3, -0.25) is 4.79 Å². The third-order valence-electron chi connectivity index (χ3n) is 4.53. The van der Waals surface area contributed by atoms with Crippen LogP contribution in [0.1, 0.15) is 46.0 Å². The number of likely N-dealkylation sites (tertiary alicyclic amines) is 1. The molecule has 3 atom stereocenters. The van der Waals surface area contributed by atoms with Crippen molar-refractivity contribution in [2.24, 2.45) is 11.8 Å². The van der Waals surface area contributed by atoms with Gasteiger partial charge in [0.2, 0.25) is 5.91 Å². The molecular formula is C13H24BNO. The average Bonchev–Trinajstić information content (AvgIpc) is 2.41. The second-order valence-corrected chi connectivity index (χ2v) is 6.04. The fourth-order valence-corrected chi connectivity index (χ4v) is 3.36. The highest BCUT2D eigenvalue weighted by atomic mass is 16.2. The molecule has 0 spiro atoms. The smallest absolute Gasteiger partial charge is 0.226 e. The molecule has 1 amide bonds. The molecule has 1 saturated heterocycles. The van der Waals surface area contributed by atoms with E-state index >= 15 is 0 Å². The first kappa shape index (κ1) is 12.0. The van der Waals surface area contributed by atoms with Crippen molar-refractivity contribution < 1.29 is 4.79 Å². The van der Waals surface area contributed by atoms with Crippen LogP contribution in [-0.4, -0.2) is 31.2 Å². The highest BCUT2D eigenvalue weighted by Gasteiger charge is 2.38. The number of hydrogen-bond acceptors (Lipinski definition) is 1. The summed E-state index contributed by atoms with van der Waals surface area (Å²) in [4.78, 5) is 14.5. The zero-order valence-electron chi connectivity index (χ0n) is 10.9. The Morgan fingerprint density at radius 2 is 1.88 bits per heavy atom. The zero-order valence-corrected chi connectivity index (χ0v) is 10.9. The molecule has 1 aliphatic carbocycles. The largest absolute Gasteiger partial charge is 0.340 e. The Bertz CT molecular complexity index is 267. The molecule has 2 rings (SSSR count). The molecule has 0 N–H and O–H groups in total. The number of fused-ring (bicyclic) bond motifs is 1. The highest BCUT2D eigenvalue weighted by Crippen LogP contribution is 2.39. The lowest BCUT2D eigenvalue weighted by Gasteiger charge is -2.39. The van der Waals surface area contributed by atoms with Gasteiger partial charge in [-0.1, -0.05) is 25.1 Å². The molecule has 3 unspecified atom stereocenters. The second kappa shape index (κ2) is 4.81. The summed E-state index contributed by atoms with van der Waals surface area (Å²) in [5.41, 5.74) is 0. The minimum absolute atomic E-state index is 0.348. The summed E-state index contributed by atoms with van der Waals surface area (Å²) in [5.74, 6) is 2.31. The van der Waals surface area contributed by atoms with Crippen LogP contribution >= 0.6 is 0 Å². The molecule has 0 bridgehead atoms. The molecule has 0 radical (unpaired) electrons. The van der Waals surface area contributed by atoms with Crippen molar-refractivity contribution in [3.05, 3.63) is 0 Å². The molecule has 2 aliphatic rings. The molecular weight excluding hydrogens is 197 g/mol. The molecule has 3 heteroatoms. The van der Waals surface area contributed by atoms with Gasteiger partial charge >= 0.3 is 0 Å². The highest BCUT2D eigenvalue weighted by molar-refractivity contribution is 6.11. The number of hydrogen-bond donors (Lipinski definition) is 0. The lowest BCUT2D eigenvalue weighted by atomic mass is 9.81. The van der Waals surface area contributed by atoms with Gasteiger partial charge in [0, 0.05) is 18.5 Å². The van der Waals surface area contributed by atoms with Gasteiger partial charge in [0.1, 0.15) is 7.85 Å². The monoisotopic (exact) mass is 221 g/mol. The first-order chi connectivity index (χ1) is 7.59. The topological polar surface area (TPSA) is 20.3 Å². The fourth-order valence-electron chi connectivity index (χ4n) is 3.36. The van der Waals surface area contributed by atoms with Crippen molar-refractivity contribution in [2.45, 2.75) is 57.8 Å². The molecule has 0 aromatic heterocycles. The summed E-state index contributed by atoms with van der Waals surface area (Å²) >= 11 is 0. The van der Waals surface area contributed by atoms with Crippen molar-refractivity contribution >= 4 is 13.8 Å². The van der Waals surface area contributed by atoms with Crippen molar-refractivity contribution in [1.82, 2.24) is 4.90 Å². The normalized spacial score (nSPS) is 36.1. The summed E-state index contributed by atoms with van der Waals surface area (Å²) in [6.45, 7) is 5.27. The SMILES string of the molecule is BC1CCC2CCN(C(C)C)C(=O)C2CC1. The van der Waals surface area contributed by atoms with Gasteiger partial charge in [0.05, 0.1) is 0 Å². The number of amides is 1. The van der Waals surface area contributed by atoms with E-state index in [-0.39, 0.29) is 0 Å². The van der Waals surface area contributed by atoms with Gasteiger partial charge in [0.25, 0.3) is 0 Å². The maximum atomic E-state index is 12.4. The van der Waals surface area contributed by atoms with E-state index in [0.717, 1.165) is 18.8 Å². The van der Waals surface area contributed by atoms with Crippen molar-refractivity contribution in [1.29, 1.82) is 0 Å². The van der Waals surface area contributed by atoms with Gasteiger partial charge in [-0.15, -0.1) is 0 Å². The minimum atomic E-state index is 0.348. The molecule has 2 fully saturated rings. The third kappa shape index (κ3) is 2.28. The number of nitrogens with zero attached hydrogens (tertiary/aromatic N) is 1. The predicted octanol–water partition coefficient (Wildman–Crippen LogP) is 1.86. The van der Waals surface area contributed by atoms with E-state index in [1.54, 1.807) is 0 Å². The summed E-state index contributed by atoms with van der Waals surface area (Å²) < 4.78 is 0. The fraction of sp³-hybridized carbons (Fsp3) is 0.923. The average molecular weight is 221 g/mol. The summed E-state index contributed by atoms with van der Waals surface area (Å²) in [5, 5.41) is 0. The van der Waals surface area contributed by atoms with Crippen LogP contribution in [0.15, 0.2) is 0 Å². The molecule has 1 aliphatic heterocycles. The van der Waals surface area contributed by atoms with Crippen LogP contribution in [0.4, 0.5) is 0 Å². The first-order valence-electron chi connectivity index (χ1n) is 6.90. The maximum Gasteiger partial charge on any atom is 0.226 e. The number of rotatable bonds is 1. The van der Waals surface area contributed by atoms with E-state index in [0.29, 0.717) is 23.8 Å². The molecule has 0 aromatic rings. The van der Waals surface area contributed by atoms with Crippen molar-refractivity contribution in [3.8, 4) is 0 Å². The molecule has 16 heavy (non-hydrogen) atoms. The van der Waals surface area contributed by atoms with Crippen LogP contribution in [0.5, 0.6) is 0 Å². The van der Waals surface area contributed by atoms with Gasteiger partial charge in [-0.2, -0.15) is 0 Å². The Morgan fingerprint density at radius 3 is 2.56 bits per heavy atom. The number of carbonyl (C=O) groups excluding carboxylic acids is 1. The standard InChI is InChI=1S/C13H24BNO/c1-9(2)15-8-7-10-3-4-11(14)5-6-12(10)13(15)16/h9-12H,3-8,14H2,1-2H3. The van der Waals surface area contributed by atoms with Crippen LogP contribution in [-0.2, 0) is 4.79 Å². The summed E-state index contributed by atoms with van der Waals surface area (Å²) in [6.07, 6.45) is 6.23. The van der Waals surface area contributed by atoms with Gasteiger partial charge in [0.15, 0.2) is 0 Å². The number of carbonyl (C=O) groups is 1. The van der Waals surface area contributed by atoms with Crippen molar-refractivity contribution in [3.63, 3.8) is 0 Å². The van der Waals surface area contributed by atoms with Crippen LogP contribution in [0.2, 0.25) is 5.82 Å². The quantitative estimate of drug-likeness (QED) is 0.619. The Morgan fingerprint density at radius 1 is 1.19 bits per heavy atom. The lowest BCUT2D eigenvalue weighted by Crippen LogP contribution is -2.48. The first-order valence-corrected chi connectivity index (χ1v) is 6.90. The summed E-state index contributed by atoms with van der Waals surface area (Å²) in [6, 6.07) is 0.383. The molecule has 0 aromatic carbocycles. The Hall–Kier alpha value is -0.465. The lowest BCUT2D eigenvalue weighted by molar-refractivity contribution is -0.143. The van der Waals surface area contributed by atoms with E-state index in [4.69, 9.17) is 0 Å². The van der Waals surface area contributed by atoms with E-state index < -0.39 is 0 Å². The van der Waals surface area contributed by atoms with Crippen molar-refractivity contribution in [2.75, 3.05) is 6.54 Å². The molecule has 1 heterocycles. The molecule has 90 valence electrons. The Kier molecular flexibility index (Phi) is 3.61. The van der Waals surface area contributed by atoms with Gasteiger partial charge in [-0.25, -0.2) is 0 Å². The number of piperidine rings is 1. The molecule has 2 nitrogen and oxygen atoms in total. The van der Waals surface area contributed by atoms with Crippen LogP contribution in [0.25, 0.3) is 0 Å². The van der Waals surface area contributed by atoms with Gasteiger partial charge in [-0.05, 0) is 32.6 Å². The van der Waals surface area contributed by atoms with E-state index in [2.05, 4.69) is 26.6 Å². The van der Waals surface area contributed by atoms with Crippen LogP contribution in [0, 0.1) is 11.8 Å². The van der Waals surface area contributed by atoms with E-state index in [9.17, 15) is 4.79 Å². The Balaban J connectivity index is 2.08. The van der Waals surface area contributed by atoms with Crippen LogP contribution in [0.3, 0.4) is 0 Å². The Labute approximate surface area is 100 Å². The zero-order chi connectivity index (χ0) is 11.7.